The molecule has 0 aliphatic heterocycles. The van der Waals surface area contributed by atoms with E-state index in [9.17, 15) is 4.79 Å². The largest absolute Gasteiger partial charge is 0.449 e. The first-order valence-corrected chi connectivity index (χ1v) is 9.43. The molecule has 0 aliphatic carbocycles. The molecule has 0 unspecified atom stereocenters. The summed E-state index contributed by atoms with van der Waals surface area (Å²) in [5.41, 5.74) is 1.18. The first kappa shape index (κ1) is 15.1. The van der Waals surface area contributed by atoms with E-state index in [0.29, 0.717) is 13.2 Å². The zero-order chi connectivity index (χ0) is 12.5. The maximum atomic E-state index is 11.2. The summed E-state index contributed by atoms with van der Waals surface area (Å²) < 4.78 is 6.01. The first-order chi connectivity index (χ1) is 8.22. The average Bonchev–Trinajstić information content (AvgIpc) is 2.29. The second kappa shape index (κ2) is 9.04. The number of nitrogens with one attached hydrogen (secondary N) is 1. The number of benzene rings is 1. The standard InChI is InChI=1S/C11H13BrINO2S/c12-10-3-1-2-9(8-10)4-5-14-11(15)16-6-7-17-13/h1-3,8H,4-7H2,(H,14,15). The van der Waals surface area contributed by atoms with E-state index in [4.69, 9.17) is 4.74 Å². The van der Waals surface area contributed by atoms with Crippen LogP contribution in [0.1, 0.15) is 5.56 Å². The molecule has 0 bridgehead atoms. The number of rotatable bonds is 6. The molecular weight excluding hydrogens is 417 g/mol. The van der Waals surface area contributed by atoms with Crippen molar-refractivity contribution in [2.45, 2.75) is 6.42 Å². The second-order valence-electron chi connectivity index (χ2n) is 3.26. The van der Waals surface area contributed by atoms with Crippen LogP contribution in [0, 0.1) is 0 Å². The van der Waals surface area contributed by atoms with Crippen molar-refractivity contribution in [1.29, 1.82) is 0 Å². The average molecular weight is 430 g/mol. The minimum Gasteiger partial charge on any atom is -0.449 e. The van der Waals surface area contributed by atoms with E-state index in [1.54, 1.807) is 8.93 Å². The Labute approximate surface area is 126 Å². The molecular formula is C11H13BrINO2S. The summed E-state index contributed by atoms with van der Waals surface area (Å²) in [5.74, 6) is 0.819. The Balaban J connectivity index is 2.17. The molecule has 0 aliphatic rings. The van der Waals surface area contributed by atoms with E-state index in [1.807, 2.05) is 24.3 Å². The van der Waals surface area contributed by atoms with Gasteiger partial charge in [-0.25, -0.2) is 4.79 Å². The maximum absolute atomic E-state index is 11.2. The molecule has 0 saturated carbocycles. The number of alkyl carbamates (subject to hydrolysis) is 1. The topological polar surface area (TPSA) is 38.3 Å². The summed E-state index contributed by atoms with van der Waals surface area (Å²) in [7, 11) is 1.63. The molecule has 1 amide bonds. The lowest BCUT2D eigenvalue weighted by atomic mass is 10.1. The number of ether oxygens (including phenoxy) is 1. The molecule has 0 fully saturated rings. The Hall–Kier alpha value is 0.0500. The number of amides is 1. The van der Waals surface area contributed by atoms with Gasteiger partial charge in [0.15, 0.2) is 0 Å². The van der Waals surface area contributed by atoms with Gasteiger partial charge in [-0.2, -0.15) is 0 Å². The van der Waals surface area contributed by atoms with Crippen LogP contribution in [0.2, 0.25) is 0 Å². The molecule has 1 aromatic rings. The lowest BCUT2D eigenvalue weighted by Crippen LogP contribution is -2.27. The maximum Gasteiger partial charge on any atom is 0.407 e. The van der Waals surface area contributed by atoms with Crippen LogP contribution in [-0.4, -0.2) is 25.0 Å². The molecule has 1 rings (SSSR count). The summed E-state index contributed by atoms with van der Waals surface area (Å²) >= 11 is 5.58. The zero-order valence-electron chi connectivity index (χ0n) is 9.12. The van der Waals surface area contributed by atoms with Gasteiger partial charge in [-0.05, 0) is 45.3 Å². The monoisotopic (exact) mass is 429 g/mol. The van der Waals surface area contributed by atoms with E-state index in [0.717, 1.165) is 16.6 Å². The second-order valence-corrected chi connectivity index (χ2v) is 6.67. The van der Waals surface area contributed by atoms with Gasteiger partial charge in [-0.15, -0.1) is 0 Å². The third-order valence-corrected chi connectivity index (χ3v) is 4.10. The quantitative estimate of drug-likeness (QED) is 0.552. The summed E-state index contributed by atoms with van der Waals surface area (Å²) in [6.07, 6.45) is 0.459. The fraction of sp³-hybridized carbons (Fsp3) is 0.364. The van der Waals surface area contributed by atoms with Crippen LogP contribution in [-0.2, 0) is 11.2 Å². The van der Waals surface area contributed by atoms with Crippen LogP contribution >= 0.6 is 46.1 Å². The summed E-state index contributed by atoms with van der Waals surface area (Å²) in [5, 5.41) is 2.72. The van der Waals surface area contributed by atoms with Crippen molar-refractivity contribution in [3.63, 3.8) is 0 Å². The Morgan fingerprint density at radius 2 is 2.35 bits per heavy atom. The molecule has 6 heteroatoms. The number of halogens is 2. The molecule has 0 spiro atoms. The van der Waals surface area contributed by atoms with Crippen LogP contribution in [0.3, 0.4) is 0 Å². The van der Waals surface area contributed by atoms with Gasteiger partial charge in [-0.1, -0.05) is 37.0 Å². The number of hydrogen-bond acceptors (Lipinski definition) is 3. The molecule has 0 aromatic heterocycles. The highest BCUT2D eigenvalue weighted by molar-refractivity contribution is 14.2. The van der Waals surface area contributed by atoms with Crippen LogP contribution in [0.25, 0.3) is 0 Å². The van der Waals surface area contributed by atoms with Gasteiger partial charge < -0.3 is 10.1 Å². The van der Waals surface area contributed by atoms with Crippen molar-refractivity contribution in [3.8, 4) is 0 Å². The van der Waals surface area contributed by atoms with Crippen molar-refractivity contribution in [3.05, 3.63) is 34.3 Å². The third kappa shape index (κ3) is 7.15. The van der Waals surface area contributed by atoms with E-state index in [-0.39, 0.29) is 6.09 Å². The minimum atomic E-state index is -0.342. The fourth-order valence-electron chi connectivity index (χ4n) is 1.22. The summed E-state index contributed by atoms with van der Waals surface area (Å²) in [6, 6.07) is 8.03. The number of carbonyl (C=O) groups is 1. The van der Waals surface area contributed by atoms with E-state index < -0.39 is 0 Å². The fourth-order valence-corrected chi connectivity index (χ4v) is 2.35. The van der Waals surface area contributed by atoms with Crippen molar-refractivity contribution >= 4 is 52.2 Å². The Bertz CT molecular complexity index is 365. The lowest BCUT2D eigenvalue weighted by Gasteiger charge is -2.06. The van der Waals surface area contributed by atoms with Crippen molar-refractivity contribution in [2.24, 2.45) is 0 Å². The van der Waals surface area contributed by atoms with Gasteiger partial charge in [-0.3, -0.25) is 0 Å². The van der Waals surface area contributed by atoms with E-state index in [1.165, 1.54) is 5.56 Å². The summed E-state index contributed by atoms with van der Waals surface area (Å²) in [6.45, 7) is 1.04. The normalized spacial score (nSPS) is 10.0. The predicted octanol–water partition coefficient (Wildman–Crippen LogP) is 3.80. The highest BCUT2D eigenvalue weighted by Crippen LogP contribution is 2.11. The molecule has 3 nitrogen and oxygen atoms in total. The summed E-state index contributed by atoms with van der Waals surface area (Å²) in [4.78, 5) is 11.2. The lowest BCUT2D eigenvalue weighted by molar-refractivity contribution is 0.153. The molecule has 1 N–H and O–H groups in total. The Morgan fingerprint density at radius 1 is 1.53 bits per heavy atom. The van der Waals surface area contributed by atoms with Crippen LogP contribution < -0.4 is 5.32 Å². The molecule has 1 aromatic carbocycles. The van der Waals surface area contributed by atoms with Crippen molar-refractivity contribution in [2.75, 3.05) is 18.9 Å². The van der Waals surface area contributed by atoms with Crippen LogP contribution in [0.5, 0.6) is 0 Å². The van der Waals surface area contributed by atoms with Crippen molar-refractivity contribution in [1.82, 2.24) is 5.32 Å². The first-order valence-electron chi connectivity index (χ1n) is 5.11. The van der Waals surface area contributed by atoms with Gasteiger partial charge in [0, 0.05) is 16.8 Å². The molecule has 94 valence electrons. The minimum absolute atomic E-state index is 0.342. The van der Waals surface area contributed by atoms with Crippen LogP contribution in [0.15, 0.2) is 28.7 Å². The number of carbonyl (C=O) groups excluding carboxylic acids is 1. The Kier molecular flexibility index (Phi) is 8.04. The smallest absolute Gasteiger partial charge is 0.407 e. The highest BCUT2D eigenvalue weighted by atomic mass is 127. The van der Waals surface area contributed by atoms with Gasteiger partial charge >= 0.3 is 6.09 Å². The molecule has 0 saturated heterocycles. The van der Waals surface area contributed by atoms with Gasteiger partial charge in [0.1, 0.15) is 6.61 Å². The molecule has 17 heavy (non-hydrogen) atoms. The van der Waals surface area contributed by atoms with Crippen molar-refractivity contribution < 1.29 is 9.53 Å². The molecule has 0 heterocycles. The SMILES string of the molecule is O=C(NCCc1cccc(Br)c1)OCCSI. The molecule has 0 atom stereocenters. The highest BCUT2D eigenvalue weighted by Gasteiger charge is 2.01. The van der Waals surface area contributed by atoms with Gasteiger partial charge in [0.25, 0.3) is 0 Å². The van der Waals surface area contributed by atoms with Gasteiger partial charge in [0.05, 0.1) is 0 Å². The van der Waals surface area contributed by atoms with E-state index in [2.05, 4.69) is 42.5 Å². The Morgan fingerprint density at radius 3 is 3.06 bits per heavy atom. The van der Waals surface area contributed by atoms with E-state index >= 15 is 0 Å². The zero-order valence-corrected chi connectivity index (χ0v) is 13.7. The molecule has 0 radical (unpaired) electrons. The number of hydrogen-bond donors (Lipinski definition) is 1. The third-order valence-electron chi connectivity index (χ3n) is 1.97. The van der Waals surface area contributed by atoms with Gasteiger partial charge in [0.2, 0.25) is 0 Å². The van der Waals surface area contributed by atoms with Crippen LogP contribution in [0.4, 0.5) is 4.79 Å². The predicted molar refractivity (Wildman–Crippen MR) is 83.7 cm³/mol.